The van der Waals surface area contributed by atoms with Crippen LogP contribution in [0.4, 0.5) is 0 Å². The molecule has 0 bridgehead atoms. The van der Waals surface area contributed by atoms with Crippen molar-refractivity contribution in [3.8, 4) is 0 Å². The zero-order chi connectivity index (χ0) is 14.9. The Balaban J connectivity index is 2.29. The Hall–Kier alpha value is -0.360. The first-order chi connectivity index (χ1) is 9.42. The number of rotatable bonds is 4. The minimum atomic E-state index is -0.622. The van der Waals surface area contributed by atoms with E-state index in [-0.39, 0.29) is 0 Å². The maximum atomic E-state index is 10.4. The van der Waals surface area contributed by atoms with Crippen molar-refractivity contribution in [3.63, 3.8) is 0 Å². The number of nitrogens with zero attached hydrogens (tertiary/aromatic N) is 2. The third-order valence-corrected chi connectivity index (χ3v) is 4.52. The first-order valence-electron chi connectivity index (χ1n) is 6.28. The molecule has 1 heterocycles. The van der Waals surface area contributed by atoms with E-state index in [1.165, 1.54) is 0 Å². The van der Waals surface area contributed by atoms with Gasteiger partial charge in [-0.1, -0.05) is 43.5 Å². The summed E-state index contributed by atoms with van der Waals surface area (Å²) in [6.07, 6.45) is -0.182. The summed E-state index contributed by atoms with van der Waals surface area (Å²) >= 11 is 13.1. The van der Waals surface area contributed by atoms with E-state index in [4.69, 9.17) is 11.6 Å². The molecule has 20 heavy (non-hydrogen) atoms. The summed E-state index contributed by atoms with van der Waals surface area (Å²) in [5.41, 5.74) is 2.50. The van der Waals surface area contributed by atoms with Gasteiger partial charge in [-0.2, -0.15) is 5.10 Å². The van der Waals surface area contributed by atoms with Gasteiger partial charge >= 0.3 is 0 Å². The van der Waals surface area contributed by atoms with Crippen LogP contribution < -0.4 is 0 Å². The summed E-state index contributed by atoms with van der Waals surface area (Å²) in [7, 11) is 0. The van der Waals surface area contributed by atoms with Gasteiger partial charge in [-0.3, -0.25) is 4.68 Å². The number of aliphatic hydroxyl groups is 1. The summed E-state index contributed by atoms with van der Waals surface area (Å²) in [6.45, 7) is 4.62. The summed E-state index contributed by atoms with van der Waals surface area (Å²) in [6, 6.07) is 5.75. The van der Waals surface area contributed by atoms with Gasteiger partial charge in [-0.15, -0.1) is 0 Å². The van der Waals surface area contributed by atoms with Gasteiger partial charge in [0.15, 0.2) is 0 Å². The molecule has 1 atom stereocenters. The molecule has 0 saturated heterocycles. The molecule has 0 aliphatic heterocycles. The van der Waals surface area contributed by atoms with E-state index in [0.717, 1.165) is 32.4 Å². The lowest BCUT2D eigenvalue weighted by Gasteiger charge is -2.13. The molecule has 1 aromatic carbocycles. The third-order valence-electron chi connectivity index (χ3n) is 3.11. The molecule has 2 rings (SSSR count). The summed E-state index contributed by atoms with van der Waals surface area (Å²) in [5.74, 6) is 0. The van der Waals surface area contributed by atoms with E-state index in [1.54, 1.807) is 0 Å². The van der Waals surface area contributed by atoms with Crippen molar-refractivity contribution in [1.29, 1.82) is 0 Å². The van der Waals surface area contributed by atoms with E-state index in [2.05, 4.69) is 37.0 Å². The van der Waals surface area contributed by atoms with Gasteiger partial charge in [0, 0.05) is 21.9 Å². The topological polar surface area (TPSA) is 38.0 Å². The molecular formula is C14H15Br2ClN2O. The minimum absolute atomic E-state index is 0.441. The minimum Gasteiger partial charge on any atom is -0.388 e. The lowest BCUT2D eigenvalue weighted by Crippen LogP contribution is -2.09. The summed E-state index contributed by atoms with van der Waals surface area (Å²) < 4.78 is 3.69. The Morgan fingerprint density at radius 2 is 1.90 bits per heavy atom. The fourth-order valence-electron chi connectivity index (χ4n) is 2.13. The standard InChI is InChI=1S/C14H15Br2ClN2O/c1-3-19-12(14(17)8(2)18-19)7-13(20)9-4-10(15)6-11(16)5-9/h4-6,13,20H,3,7H2,1-2H3. The van der Waals surface area contributed by atoms with E-state index in [1.807, 2.05) is 36.7 Å². The van der Waals surface area contributed by atoms with Gasteiger partial charge < -0.3 is 5.11 Å². The molecule has 0 saturated carbocycles. The van der Waals surface area contributed by atoms with Crippen LogP contribution in [-0.2, 0) is 13.0 Å². The molecule has 108 valence electrons. The van der Waals surface area contributed by atoms with Crippen molar-refractivity contribution in [1.82, 2.24) is 9.78 Å². The normalized spacial score (nSPS) is 12.7. The smallest absolute Gasteiger partial charge is 0.0848 e. The Morgan fingerprint density at radius 3 is 2.45 bits per heavy atom. The molecule has 0 fully saturated rings. The van der Waals surface area contributed by atoms with Crippen molar-refractivity contribution in [2.45, 2.75) is 32.9 Å². The van der Waals surface area contributed by atoms with Crippen LogP contribution in [0.3, 0.4) is 0 Å². The zero-order valence-corrected chi connectivity index (χ0v) is 15.1. The van der Waals surface area contributed by atoms with Crippen LogP contribution in [0.1, 0.15) is 30.0 Å². The van der Waals surface area contributed by atoms with Gasteiger partial charge in [-0.05, 0) is 37.6 Å². The SMILES string of the molecule is CCn1nc(C)c(Cl)c1CC(O)c1cc(Br)cc(Br)c1. The fraction of sp³-hybridized carbons (Fsp3) is 0.357. The van der Waals surface area contributed by atoms with Crippen LogP contribution in [0.5, 0.6) is 0 Å². The van der Waals surface area contributed by atoms with Crippen molar-refractivity contribution in [2.24, 2.45) is 0 Å². The molecular weight excluding hydrogens is 407 g/mol. The largest absolute Gasteiger partial charge is 0.388 e. The molecule has 0 aliphatic carbocycles. The number of halogens is 3. The number of hydrogen-bond acceptors (Lipinski definition) is 2. The fourth-order valence-corrected chi connectivity index (χ4v) is 3.67. The van der Waals surface area contributed by atoms with Crippen LogP contribution in [0.25, 0.3) is 0 Å². The van der Waals surface area contributed by atoms with E-state index >= 15 is 0 Å². The van der Waals surface area contributed by atoms with E-state index in [9.17, 15) is 5.11 Å². The Labute approximate surface area is 140 Å². The second kappa shape index (κ2) is 6.60. The van der Waals surface area contributed by atoms with Crippen LogP contribution in [0.2, 0.25) is 5.02 Å². The lowest BCUT2D eigenvalue weighted by molar-refractivity contribution is 0.175. The highest BCUT2D eigenvalue weighted by Crippen LogP contribution is 2.29. The molecule has 1 N–H and O–H groups in total. The molecule has 0 radical (unpaired) electrons. The Kier molecular flexibility index (Phi) is 5.29. The summed E-state index contributed by atoms with van der Waals surface area (Å²) in [4.78, 5) is 0. The van der Waals surface area contributed by atoms with Crippen molar-refractivity contribution in [3.05, 3.63) is 49.1 Å². The van der Waals surface area contributed by atoms with Crippen molar-refractivity contribution < 1.29 is 5.11 Å². The van der Waals surface area contributed by atoms with Crippen LogP contribution in [0.15, 0.2) is 27.1 Å². The average molecular weight is 423 g/mol. The monoisotopic (exact) mass is 420 g/mol. The van der Waals surface area contributed by atoms with Gasteiger partial charge in [0.05, 0.1) is 22.5 Å². The van der Waals surface area contributed by atoms with Gasteiger partial charge in [0.1, 0.15) is 0 Å². The molecule has 0 aliphatic rings. The van der Waals surface area contributed by atoms with Crippen LogP contribution in [-0.4, -0.2) is 14.9 Å². The van der Waals surface area contributed by atoms with Crippen LogP contribution >= 0.6 is 43.5 Å². The van der Waals surface area contributed by atoms with Crippen molar-refractivity contribution >= 4 is 43.5 Å². The first-order valence-corrected chi connectivity index (χ1v) is 8.24. The third kappa shape index (κ3) is 3.45. The van der Waals surface area contributed by atoms with Crippen LogP contribution in [0, 0.1) is 6.92 Å². The molecule has 6 heteroatoms. The number of benzene rings is 1. The van der Waals surface area contributed by atoms with Gasteiger partial charge in [0.2, 0.25) is 0 Å². The highest BCUT2D eigenvalue weighted by atomic mass is 79.9. The second-order valence-corrected chi connectivity index (χ2v) is 6.79. The second-order valence-electron chi connectivity index (χ2n) is 4.58. The molecule has 1 unspecified atom stereocenters. The number of hydrogen-bond donors (Lipinski definition) is 1. The van der Waals surface area contributed by atoms with E-state index in [0.29, 0.717) is 11.4 Å². The quantitative estimate of drug-likeness (QED) is 0.778. The first kappa shape index (κ1) is 16.0. The number of aryl methyl sites for hydroxylation is 2. The van der Waals surface area contributed by atoms with Gasteiger partial charge in [-0.25, -0.2) is 0 Å². The maximum absolute atomic E-state index is 10.4. The maximum Gasteiger partial charge on any atom is 0.0848 e. The molecule has 2 aromatic rings. The Bertz CT molecular complexity index is 608. The highest BCUT2D eigenvalue weighted by Gasteiger charge is 2.18. The Morgan fingerprint density at radius 1 is 1.30 bits per heavy atom. The lowest BCUT2D eigenvalue weighted by atomic mass is 10.0. The van der Waals surface area contributed by atoms with Gasteiger partial charge in [0.25, 0.3) is 0 Å². The average Bonchev–Trinajstić information content (AvgIpc) is 2.65. The highest BCUT2D eigenvalue weighted by molar-refractivity contribution is 9.11. The number of aromatic nitrogens is 2. The predicted octanol–water partition coefficient (Wildman–Crippen LogP) is 4.67. The predicted molar refractivity (Wildman–Crippen MR) is 88.2 cm³/mol. The zero-order valence-electron chi connectivity index (χ0n) is 11.2. The molecule has 1 aromatic heterocycles. The van der Waals surface area contributed by atoms with E-state index < -0.39 is 6.10 Å². The molecule has 3 nitrogen and oxygen atoms in total. The number of aliphatic hydroxyl groups excluding tert-OH is 1. The summed E-state index contributed by atoms with van der Waals surface area (Å²) in [5, 5.41) is 15.4. The molecule has 0 spiro atoms. The van der Waals surface area contributed by atoms with Crippen molar-refractivity contribution in [2.75, 3.05) is 0 Å². The molecule has 0 amide bonds.